The molecule has 0 amide bonds. The zero-order valence-corrected chi connectivity index (χ0v) is 12.5. The Morgan fingerprint density at radius 3 is 2.30 bits per heavy atom. The molecule has 0 aliphatic heterocycles. The van der Waals surface area contributed by atoms with Gasteiger partial charge in [-0.25, -0.2) is 14.4 Å². The number of halogens is 3. The number of benzene rings is 1. The molecule has 106 valence electrons. The standard InChI is InChI=1S/C13H13Cl2FN4/c1-3-17-11-6-12(19-7(2)18-11)20-8-4-9(14)13(16)10(15)5-8/h4-6H,3H2,1-2H3,(H2,17,18,19,20). The summed E-state index contributed by atoms with van der Waals surface area (Å²) in [6.07, 6.45) is 0. The quantitative estimate of drug-likeness (QED) is 0.821. The third kappa shape index (κ3) is 3.49. The number of hydrogen-bond acceptors (Lipinski definition) is 4. The van der Waals surface area contributed by atoms with Crippen molar-refractivity contribution in [1.29, 1.82) is 0 Å². The van der Waals surface area contributed by atoms with E-state index in [2.05, 4.69) is 20.6 Å². The van der Waals surface area contributed by atoms with Crippen molar-refractivity contribution < 1.29 is 4.39 Å². The monoisotopic (exact) mass is 314 g/mol. The molecule has 0 atom stereocenters. The van der Waals surface area contributed by atoms with Gasteiger partial charge in [-0.2, -0.15) is 0 Å². The molecule has 7 heteroatoms. The van der Waals surface area contributed by atoms with E-state index in [-0.39, 0.29) is 10.0 Å². The summed E-state index contributed by atoms with van der Waals surface area (Å²) in [5.74, 6) is 1.27. The normalized spacial score (nSPS) is 10.4. The second kappa shape index (κ2) is 6.24. The number of aromatic nitrogens is 2. The first-order valence-corrected chi connectivity index (χ1v) is 6.76. The molecule has 4 nitrogen and oxygen atoms in total. The summed E-state index contributed by atoms with van der Waals surface area (Å²) in [5, 5.41) is 6.04. The zero-order valence-electron chi connectivity index (χ0n) is 11.0. The van der Waals surface area contributed by atoms with Gasteiger partial charge in [-0.15, -0.1) is 0 Å². The third-order valence-electron chi connectivity index (χ3n) is 2.45. The Morgan fingerprint density at radius 1 is 1.10 bits per heavy atom. The summed E-state index contributed by atoms with van der Waals surface area (Å²) >= 11 is 11.5. The van der Waals surface area contributed by atoms with Gasteiger partial charge in [0.1, 0.15) is 17.5 Å². The minimum absolute atomic E-state index is 0.0438. The molecule has 0 unspecified atom stereocenters. The summed E-state index contributed by atoms with van der Waals surface area (Å²) in [5.41, 5.74) is 0.557. The van der Waals surface area contributed by atoms with Crippen LogP contribution in [0, 0.1) is 12.7 Å². The van der Waals surface area contributed by atoms with Crippen LogP contribution >= 0.6 is 23.2 Å². The molecule has 1 aromatic carbocycles. The molecule has 0 radical (unpaired) electrons. The van der Waals surface area contributed by atoms with Crippen LogP contribution in [0.1, 0.15) is 12.7 Å². The highest BCUT2D eigenvalue weighted by molar-refractivity contribution is 6.35. The molecule has 1 aromatic heterocycles. The molecule has 0 fully saturated rings. The van der Waals surface area contributed by atoms with E-state index in [1.54, 1.807) is 13.0 Å². The summed E-state index contributed by atoms with van der Waals surface area (Å²) in [4.78, 5) is 8.49. The van der Waals surface area contributed by atoms with Crippen LogP contribution in [0.4, 0.5) is 21.7 Å². The maximum Gasteiger partial charge on any atom is 0.160 e. The van der Waals surface area contributed by atoms with Crippen molar-refractivity contribution in [3.05, 3.63) is 39.9 Å². The fourth-order valence-electron chi connectivity index (χ4n) is 1.68. The van der Waals surface area contributed by atoms with Gasteiger partial charge >= 0.3 is 0 Å². The molecular weight excluding hydrogens is 302 g/mol. The van der Waals surface area contributed by atoms with Crippen LogP contribution in [0.15, 0.2) is 18.2 Å². The highest BCUT2D eigenvalue weighted by Crippen LogP contribution is 2.29. The number of nitrogens with zero attached hydrogens (tertiary/aromatic N) is 2. The van der Waals surface area contributed by atoms with E-state index in [1.165, 1.54) is 12.1 Å². The molecule has 0 bridgehead atoms. The Bertz CT molecular complexity index is 611. The predicted molar refractivity (Wildman–Crippen MR) is 80.6 cm³/mol. The molecule has 0 spiro atoms. The minimum Gasteiger partial charge on any atom is -0.370 e. The van der Waals surface area contributed by atoms with Crippen LogP contribution in [0.25, 0.3) is 0 Å². The van der Waals surface area contributed by atoms with E-state index < -0.39 is 5.82 Å². The van der Waals surface area contributed by atoms with Gasteiger partial charge in [0.25, 0.3) is 0 Å². The van der Waals surface area contributed by atoms with Crippen molar-refractivity contribution in [3.63, 3.8) is 0 Å². The summed E-state index contributed by atoms with van der Waals surface area (Å²) in [6.45, 7) is 4.52. The molecule has 0 aliphatic rings. The van der Waals surface area contributed by atoms with Crippen molar-refractivity contribution in [1.82, 2.24) is 9.97 Å². The average molecular weight is 315 g/mol. The topological polar surface area (TPSA) is 49.8 Å². The molecule has 2 rings (SSSR count). The molecule has 2 aromatic rings. The summed E-state index contributed by atoms with van der Waals surface area (Å²) in [7, 11) is 0. The van der Waals surface area contributed by atoms with Gasteiger partial charge in [0.05, 0.1) is 10.0 Å². The molecule has 0 saturated carbocycles. The van der Waals surface area contributed by atoms with Gasteiger partial charge in [-0.1, -0.05) is 23.2 Å². The second-order valence-electron chi connectivity index (χ2n) is 4.09. The van der Waals surface area contributed by atoms with Crippen molar-refractivity contribution in [2.45, 2.75) is 13.8 Å². The van der Waals surface area contributed by atoms with Gasteiger partial charge in [0.15, 0.2) is 5.82 Å². The zero-order chi connectivity index (χ0) is 14.7. The molecule has 0 aliphatic carbocycles. The first-order valence-electron chi connectivity index (χ1n) is 6.00. The van der Waals surface area contributed by atoms with Gasteiger partial charge in [0, 0.05) is 18.3 Å². The lowest BCUT2D eigenvalue weighted by Crippen LogP contribution is -2.04. The Morgan fingerprint density at radius 2 is 1.70 bits per heavy atom. The summed E-state index contributed by atoms with van der Waals surface area (Å²) < 4.78 is 13.4. The van der Waals surface area contributed by atoms with Crippen molar-refractivity contribution >= 4 is 40.5 Å². The highest BCUT2D eigenvalue weighted by Gasteiger charge is 2.09. The second-order valence-corrected chi connectivity index (χ2v) is 4.91. The first kappa shape index (κ1) is 14.8. The molecular formula is C13H13Cl2FN4. The van der Waals surface area contributed by atoms with Crippen molar-refractivity contribution in [2.24, 2.45) is 0 Å². The molecule has 20 heavy (non-hydrogen) atoms. The van der Waals surface area contributed by atoms with Gasteiger partial charge in [0.2, 0.25) is 0 Å². The van der Waals surface area contributed by atoms with Gasteiger partial charge in [-0.05, 0) is 26.0 Å². The Balaban J connectivity index is 2.30. The molecule has 1 heterocycles. The van der Waals surface area contributed by atoms with Crippen LogP contribution in [0.3, 0.4) is 0 Å². The minimum atomic E-state index is -0.633. The lowest BCUT2D eigenvalue weighted by Gasteiger charge is -2.10. The maximum absolute atomic E-state index is 13.4. The lowest BCUT2D eigenvalue weighted by atomic mass is 10.3. The number of aryl methyl sites for hydroxylation is 1. The van der Waals surface area contributed by atoms with Crippen molar-refractivity contribution in [3.8, 4) is 0 Å². The lowest BCUT2D eigenvalue weighted by molar-refractivity contribution is 0.629. The van der Waals surface area contributed by atoms with E-state index in [0.29, 0.717) is 23.1 Å². The van der Waals surface area contributed by atoms with Crippen LogP contribution in [0.2, 0.25) is 10.0 Å². The summed E-state index contributed by atoms with van der Waals surface area (Å²) in [6, 6.07) is 4.65. The third-order valence-corrected chi connectivity index (χ3v) is 3.00. The van der Waals surface area contributed by atoms with Crippen LogP contribution in [-0.4, -0.2) is 16.5 Å². The van der Waals surface area contributed by atoms with E-state index in [0.717, 1.165) is 6.54 Å². The highest BCUT2D eigenvalue weighted by atomic mass is 35.5. The van der Waals surface area contributed by atoms with E-state index >= 15 is 0 Å². The number of nitrogens with one attached hydrogen (secondary N) is 2. The van der Waals surface area contributed by atoms with Crippen LogP contribution in [-0.2, 0) is 0 Å². The van der Waals surface area contributed by atoms with Gasteiger partial charge in [-0.3, -0.25) is 0 Å². The van der Waals surface area contributed by atoms with Crippen molar-refractivity contribution in [2.75, 3.05) is 17.2 Å². The smallest absolute Gasteiger partial charge is 0.160 e. The van der Waals surface area contributed by atoms with E-state index in [1.807, 2.05) is 6.92 Å². The fourth-order valence-corrected chi connectivity index (χ4v) is 2.17. The predicted octanol–water partition coefficient (Wildman–Crippen LogP) is 4.41. The number of hydrogen-bond donors (Lipinski definition) is 2. The van der Waals surface area contributed by atoms with Crippen LogP contribution in [0.5, 0.6) is 0 Å². The van der Waals surface area contributed by atoms with E-state index in [9.17, 15) is 4.39 Å². The first-order chi connectivity index (χ1) is 9.49. The Kier molecular flexibility index (Phi) is 4.62. The fraction of sp³-hybridized carbons (Fsp3) is 0.231. The SMILES string of the molecule is CCNc1cc(Nc2cc(Cl)c(F)c(Cl)c2)nc(C)n1. The largest absolute Gasteiger partial charge is 0.370 e. The number of anilines is 3. The Hall–Kier alpha value is -1.59. The van der Waals surface area contributed by atoms with Crippen LogP contribution < -0.4 is 10.6 Å². The number of rotatable bonds is 4. The van der Waals surface area contributed by atoms with Gasteiger partial charge < -0.3 is 10.6 Å². The maximum atomic E-state index is 13.4. The van der Waals surface area contributed by atoms with E-state index in [4.69, 9.17) is 23.2 Å². The Labute approximate surface area is 126 Å². The average Bonchev–Trinajstić information content (AvgIpc) is 2.35. The molecule has 0 saturated heterocycles. The molecule has 2 N–H and O–H groups in total.